The normalized spacial score (nSPS) is 11.2. The third-order valence-electron chi connectivity index (χ3n) is 1.91. The van der Waals surface area contributed by atoms with E-state index in [0.717, 1.165) is 17.1 Å². The zero-order chi connectivity index (χ0) is 9.68. The van der Waals surface area contributed by atoms with Crippen LogP contribution in [0.2, 0.25) is 0 Å². The van der Waals surface area contributed by atoms with Crippen molar-refractivity contribution in [2.45, 2.75) is 0 Å². The maximum atomic E-state index is 4.12. The summed E-state index contributed by atoms with van der Waals surface area (Å²) in [5, 5.41) is 6.10. The second-order valence-electron chi connectivity index (χ2n) is 2.65. The molecule has 0 fully saturated rings. The first-order valence-corrected chi connectivity index (χ1v) is 4.24. The Balaban J connectivity index is 2.91. The van der Waals surface area contributed by atoms with Crippen LogP contribution in [0.1, 0.15) is 5.56 Å². The lowest BCUT2D eigenvalue weighted by atomic mass is 10.2. The molecule has 0 saturated carbocycles. The fourth-order valence-corrected chi connectivity index (χ4v) is 1.18. The van der Waals surface area contributed by atoms with Crippen LogP contribution in [0.4, 0.5) is 5.69 Å². The summed E-state index contributed by atoms with van der Waals surface area (Å²) < 4.78 is 0. The predicted octanol–water partition coefficient (Wildman–Crippen LogP) is 1.32. The zero-order valence-electron chi connectivity index (χ0n) is 8.26. The van der Waals surface area contributed by atoms with Gasteiger partial charge in [0.05, 0.1) is 0 Å². The Kier molecular flexibility index (Phi) is 3.31. The van der Waals surface area contributed by atoms with Crippen LogP contribution < -0.4 is 10.6 Å². The molecule has 0 heterocycles. The third-order valence-corrected chi connectivity index (χ3v) is 1.91. The number of anilines is 1. The fourth-order valence-electron chi connectivity index (χ4n) is 1.18. The molecule has 1 aromatic carbocycles. The summed E-state index contributed by atoms with van der Waals surface area (Å²) in [4.78, 5) is 4.12. The Bertz CT molecular complexity index is 288. The number of nitrogens with one attached hydrogen (secondary N) is 2. The zero-order valence-corrected chi connectivity index (χ0v) is 8.26. The van der Waals surface area contributed by atoms with Crippen LogP contribution >= 0.6 is 0 Å². The summed E-state index contributed by atoms with van der Waals surface area (Å²) in [5.74, 6) is 0.905. The minimum absolute atomic E-state index is 0.905. The highest BCUT2D eigenvalue weighted by Crippen LogP contribution is 2.08. The molecule has 0 unspecified atom stereocenters. The number of rotatable bonds is 2. The van der Waals surface area contributed by atoms with Gasteiger partial charge in [-0.3, -0.25) is 4.99 Å². The summed E-state index contributed by atoms with van der Waals surface area (Å²) in [5.41, 5.74) is 2.21. The van der Waals surface area contributed by atoms with Crippen LogP contribution in [0, 0.1) is 0 Å². The maximum absolute atomic E-state index is 4.12. The smallest absolute Gasteiger partial charge is 0.127 e. The van der Waals surface area contributed by atoms with Crippen molar-refractivity contribution >= 4 is 11.5 Å². The van der Waals surface area contributed by atoms with E-state index < -0.39 is 0 Å². The Hall–Kier alpha value is -1.51. The molecule has 3 nitrogen and oxygen atoms in total. The van der Waals surface area contributed by atoms with Crippen LogP contribution in [-0.4, -0.2) is 27.0 Å². The second-order valence-corrected chi connectivity index (χ2v) is 2.65. The molecule has 0 aromatic heterocycles. The lowest BCUT2D eigenvalue weighted by Gasteiger charge is -2.05. The quantitative estimate of drug-likeness (QED) is 0.528. The predicted molar refractivity (Wildman–Crippen MR) is 57.5 cm³/mol. The van der Waals surface area contributed by atoms with E-state index in [1.165, 1.54) is 0 Å². The molecule has 3 heteroatoms. The van der Waals surface area contributed by atoms with E-state index in [1.54, 1.807) is 7.05 Å². The van der Waals surface area contributed by atoms with Crippen molar-refractivity contribution in [3.63, 3.8) is 0 Å². The molecule has 0 atom stereocenters. The lowest BCUT2D eigenvalue weighted by Crippen LogP contribution is -2.19. The summed E-state index contributed by atoms with van der Waals surface area (Å²) in [6, 6.07) is 8.12. The van der Waals surface area contributed by atoms with Gasteiger partial charge in [0, 0.05) is 32.4 Å². The van der Waals surface area contributed by atoms with Crippen LogP contribution in [0.25, 0.3) is 0 Å². The Labute approximate surface area is 78.9 Å². The molecule has 13 heavy (non-hydrogen) atoms. The van der Waals surface area contributed by atoms with E-state index >= 15 is 0 Å². The number of hydrogen-bond donors (Lipinski definition) is 2. The van der Waals surface area contributed by atoms with E-state index in [4.69, 9.17) is 0 Å². The number of amidine groups is 1. The molecule has 0 aliphatic heterocycles. The Morgan fingerprint density at radius 1 is 1.15 bits per heavy atom. The first kappa shape index (κ1) is 9.58. The van der Waals surface area contributed by atoms with Crippen LogP contribution in [0.5, 0.6) is 0 Å². The number of nitrogens with zero attached hydrogens (tertiary/aromatic N) is 1. The highest BCUT2D eigenvalue weighted by atomic mass is 14.9. The Morgan fingerprint density at radius 2 is 1.77 bits per heavy atom. The van der Waals surface area contributed by atoms with Gasteiger partial charge in [-0.1, -0.05) is 0 Å². The van der Waals surface area contributed by atoms with Gasteiger partial charge in [-0.05, 0) is 24.3 Å². The first-order valence-electron chi connectivity index (χ1n) is 4.24. The lowest BCUT2D eigenvalue weighted by molar-refractivity contribution is 1.15. The molecule has 1 rings (SSSR count). The molecule has 0 bridgehead atoms. The van der Waals surface area contributed by atoms with Gasteiger partial charge >= 0.3 is 0 Å². The maximum Gasteiger partial charge on any atom is 0.127 e. The highest BCUT2D eigenvalue weighted by molar-refractivity contribution is 5.98. The van der Waals surface area contributed by atoms with E-state index in [9.17, 15) is 0 Å². The van der Waals surface area contributed by atoms with Crippen LogP contribution in [-0.2, 0) is 0 Å². The van der Waals surface area contributed by atoms with Crippen molar-refractivity contribution in [2.75, 3.05) is 26.5 Å². The Morgan fingerprint density at radius 3 is 2.15 bits per heavy atom. The van der Waals surface area contributed by atoms with E-state index in [-0.39, 0.29) is 0 Å². The molecule has 0 spiro atoms. The molecule has 0 aliphatic rings. The van der Waals surface area contributed by atoms with Gasteiger partial charge in [-0.2, -0.15) is 0 Å². The average molecular weight is 177 g/mol. The van der Waals surface area contributed by atoms with Gasteiger partial charge in [0.15, 0.2) is 0 Å². The van der Waals surface area contributed by atoms with Crippen molar-refractivity contribution in [3.8, 4) is 0 Å². The van der Waals surface area contributed by atoms with Gasteiger partial charge in [0.1, 0.15) is 5.84 Å². The molecular weight excluding hydrogens is 162 g/mol. The van der Waals surface area contributed by atoms with Crippen LogP contribution in [0.15, 0.2) is 29.3 Å². The van der Waals surface area contributed by atoms with Crippen molar-refractivity contribution in [3.05, 3.63) is 29.8 Å². The molecule has 0 aliphatic carbocycles. The number of benzene rings is 1. The summed E-state index contributed by atoms with van der Waals surface area (Å²) in [6.07, 6.45) is 0. The highest BCUT2D eigenvalue weighted by Gasteiger charge is 1.98. The largest absolute Gasteiger partial charge is 0.388 e. The first-order chi connectivity index (χ1) is 6.31. The number of hydrogen-bond acceptors (Lipinski definition) is 2. The van der Waals surface area contributed by atoms with Crippen molar-refractivity contribution in [1.29, 1.82) is 0 Å². The van der Waals surface area contributed by atoms with E-state index in [2.05, 4.69) is 15.6 Å². The molecule has 70 valence electrons. The fraction of sp³-hybridized carbons (Fsp3) is 0.300. The molecular formula is C10H15N3. The van der Waals surface area contributed by atoms with Crippen molar-refractivity contribution in [1.82, 2.24) is 5.32 Å². The van der Waals surface area contributed by atoms with Gasteiger partial charge < -0.3 is 10.6 Å². The van der Waals surface area contributed by atoms with Crippen molar-refractivity contribution < 1.29 is 0 Å². The molecule has 2 N–H and O–H groups in total. The van der Waals surface area contributed by atoms with Gasteiger partial charge in [-0.15, -0.1) is 0 Å². The molecule has 0 amide bonds. The molecule has 0 saturated heterocycles. The van der Waals surface area contributed by atoms with E-state index in [1.807, 2.05) is 38.4 Å². The standard InChI is InChI=1S/C10H15N3/c1-11-9-6-4-8(5-7-9)10(12-2)13-3/h4-7,11H,1-3H3,(H,12,13). The van der Waals surface area contributed by atoms with Crippen LogP contribution in [0.3, 0.4) is 0 Å². The number of aliphatic imine (C=N–C) groups is 1. The monoisotopic (exact) mass is 177 g/mol. The van der Waals surface area contributed by atoms with Gasteiger partial charge in [0.2, 0.25) is 0 Å². The third kappa shape index (κ3) is 2.21. The molecule has 0 radical (unpaired) electrons. The van der Waals surface area contributed by atoms with Gasteiger partial charge in [-0.25, -0.2) is 0 Å². The minimum atomic E-state index is 0.905. The SMILES string of the molecule is CN=C(NC)c1ccc(NC)cc1. The van der Waals surface area contributed by atoms with E-state index in [0.29, 0.717) is 0 Å². The molecule has 1 aromatic rings. The minimum Gasteiger partial charge on any atom is -0.388 e. The van der Waals surface area contributed by atoms with Crippen molar-refractivity contribution in [2.24, 2.45) is 4.99 Å². The summed E-state index contributed by atoms with van der Waals surface area (Å²) >= 11 is 0. The summed E-state index contributed by atoms with van der Waals surface area (Å²) in [7, 11) is 5.55. The van der Waals surface area contributed by atoms with Gasteiger partial charge in [0.25, 0.3) is 0 Å². The topological polar surface area (TPSA) is 36.4 Å². The average Bonchev–Trinajstić information content (AvgIpc) is 2.21. The summed E-state index contributed by atoms with van der Waals surface area (Å²) in [6.45, 7) is 0. The second kappa shape index (κ2) is 4.50.